The molecule has 13 heteroatoms. The molecule has 3 rings (SSSR count). The van der Waals surface area contributed by atoms with Crippen LogP contribution in [0.3, 0.4) is 0 Å². The van der Waals surface area contributed by atoms with Gasteiger partial charge in [-0.2, -0.15) is 0 Å². The number of piperidine rings is 1. The number of carbonyl (C=O) groups excluding carboxylic acids is 1. The quantitative estimate of drug-likeness (QED) is 0.574. The van der Waals surface area contributed by atoms with Crippen LogP contribution in [0.5, 0.6) is 11.5 Å². The summed E-state index contributed by atoms with van der Waals surface area (Å²) in [7, 11) is -1.74. The van der Waals surface area contributed by atoms with Crippen molar-refractivity contribution in [1.82, 2.24) is 4.72 Å². The maximum Gasteiger partial charge on any atom is 0.573 e. The fourth-order valence-corrected chi connectivity index (χ4v) is 3.87. The normalized spacial score (nSPS) is 15.8. The number of hydrogen-bond donors (Lipinski definition) is 1. The van der Waals surface area contributed by atoms with Gasteiger partial charge in [0.1, 0.15) is 28.7 Å². The molecule has 0 aromatic heterocycles. The van der Waals surface area contributed by atoms with E-state index in [1.54, 1.807) is 0 Å². The van der Waals surface area contributed by atoms with Gasteiger partial charge in [0, 0.05) is 43.9 Å². The number of halogens is 6. The molecule has 1 saturated heterocycles. The van der Waals surface area contributed by atoms with Gasteiger partial charge in [-0.3, -0.25) is 9.52 Å². The Bertz CT molecular complexity index is 1060. The van der Waals surface area contributed by atoms with Crippen LogP contribution in [0.15, 0.2) is 30.3 Å². The lowest BCUT2D eigenvalue weighted by atomic mass is 10.1. The number of carbonyl (C=O) groups is 1. The molecule has 1 amide bonds. The number of amides is 1. The second-order valence-electron chi connectivity index (χ2n) is 7.11. The van der Waals surface area contributed by atoms with Crippen LogP contribution in [0, 0.1) is 11.6 Å². The van der Waals surface area contributed by atoms with Crippen LogP contribution in [-0.2, 0) is 11.0 Å². The van der Waals surface area contributed by atoms with Crippen molar-refractivity contribution < 1.29 is 40.4 Å². The SMILES string of the molecule is CS(=O)NC(=O)c1cc(F)c(OC2CCN(c3ccc(OC(F)(F)F)c(Cl)c3)CC2)cc1F. The van der Waals surface area contributed by atoms with Gasteiger partial charge < -0.3 is 14.4 Å². The van der Waals surface area contributed by atoms with Crippen molar-refractivity contribution in [2.45, 2.75) is 25.3 Å². The van der Waals surface area contributed by atoms with Crippen molar-refractivity contribution in [3.05, 3.63) is 52.6 Å². The van der Waals surface area contributed by atoms with E-state index in [9.17, 15) is 31.0 Å². The van der Waals surface area contributed by atoms with Crippen LogP contribution in [0.25, 0.3) is 0 Å². The van der Waals surface area contributed by atoms with Gasteiger partial charge in [0.2, 0.25) is 0 Å². The number of alkyl halides is 3. The highest BCUT2D eigenvalue weighted by Gasteiger charge is 2.32. The van der Waals surface area contributed by atoms with Gasteiger partial charge >= 0.3 is 6.36 Å². The Morgan fingerprint density at radius 2 is 1.79 bits per heavy atom. The summed E-state index contributed by atoms with van der Waals surface area (Å²) in [5.74, 6) is -3.86. The first-order valence-corrected chi connectivity index (χ1v) is 11.5. The molecular formula is C20H18ClF5N2O4S. The summed E-state index contributed by atoms with van der Waals surface area (Å²) in [5.41, 5.74) is -0.0198. The molecule has 0 saturated carbocycles. The molecule has 180 valence electrons. The average Bonchev–Trinajstić information content (AvgIpc) is 2.71. The van der Waals surface area contributed by atoms with E-state index in [2.05, 4.69) is 4.74 Å². The molecule has 1 unspecified atom stereocenters. The predicted octanol–water partition coefficient (Wildman–Crippen LogP) is 4.59. The van der Waals surface area contributed by atoms with Gasteiger partial charge in [0.15, 0.2) is 11.6 Å². The van der Waals surface area contributed by atoms with Crippen molar-refractivity contribution in [2.75, 3.05) is 24.2 Å². The smallest absolute Gasteiger partial charge is 0.487 e. The second kappa shape index (κ2) is 10.1. The van der Waals surface area contributed by atoms with E-state index in [0.29, 0.717) is 37.7 Å². The van der Waals surface area contributed by atoms with E-state index >= 15 is 0 Å². The highest BCUT2D eigenvalue weighted by atomic mass is 35.5. The minimum absolute atomic E-state index is 0.197. The number of ether oxygens (including phenoxy) is 2. The third-order valence-corrected chi connectivity index (χ3v) is 5.51. The molecular weight excluding hydrogens is 495 g/mol. The summed E-state index contributed by atoms with van der Waals surface area (Å²) in [6.07, 6.45) is -3.31. The Balaban J connectivity index is 1.62. The molecule has 2 aromatic carbocycles. The molecule has 0 aliphatic carbocycles. The Morgan fingerprint density at radius 3 is 2.36 bits per heavy atom. The number of anilines is 1. The van der Waals surface area contributed by atoms with E-state index in [-0.39, 0.29) is 10.8 Å². The molecule has 0 radical (unpaired) electrons. The van der Waals surface area contributed by atoms with E-state index < -0.39 is 52.3 Å². The summed E-state index contributed by atoms with van der Waals surface area (Å²) < 4.78 is 88.1. The number of hydrogen-bond acceptors (Lipinski definition) is 5. The first kappa shape index (κ1) is 25.0. The van der Waals surface area contributed by atoms with Crippen molar-refractivity contribution >= 4 is 34.2 Å². The molecule has 6 nitrogen and oxygen atoms in total. The van der Waals surface area contributed by atoms with E-state index in [1.807, 2.05) is 9.62 Å². The van der Waals surface area contributed by atoms with Crippen LogP contribution in [0.4, 0.5) is 27.6 Å². The highest BCUT2D eigenvalue weighted by Crippen LogP contribution is 2.34. The Kier molecular flexibility index (Phi) is 7.68. The summed E-state index contributed by atoms with van der Waals surface area (Å²) in [5, 5.41) is -0.197. The van der Waals surface area contributed by atoms with Crippen molar-refractivity contribution in [3.8, 4) is 11.5 Å². The number of nitrogens with one attached hydrogen (secondary N) is 1. The van der Waals surface area contributed by atoms with Gasteiger partial charge in [-0.25, -0.2) is 13.0 Å². The van der Waals surface area contributed by atoms with Gasteiger partial charge in [0.25, 0.3) is 5.91 Å². The molecule has 1 atom stereocenters. The largest absolute Gasteiger partial charge is 0.573 e. The van der Waals surface area contributed by atoms with Crippen molar-refractivity contribution in [1.29, 1.82) is 0 Å². The second-order valence-corrected chi connectivity index (χ2v) is 8.63. The highest BCUT2D eigenvalue weighted by molar-refractivity contribution is 7.82. The predicted molar refractivity (Wildman–Crippen MR) is 112 cm³/mol. The number of rotatable bonds is 6. The number of benzene rings is 2. The first-order valence-electron chi connectivity index (χ1n) is 9.53. The Labute approximate surface area is 193 Å². The lowest BCUT2D eigenvalue weighted by Crippen LogP contribution is -2.38. The molecule has 0 bridgehead atoms. The lowest BCUT2D eigenvalue weighted by molar-refractivity contribution is -0.274. The maximum atomic E-state index is 14.4. The number of nitrogens with zero attached hydrogens (tertiary/aromatic N) is 1. The summed E-state index contributed by atoms with van der Waals surface area (Å²) in [6, 6.07) is 5.35. The Morgan fingerprint density at radius 1 is 1.12 bits per heavy atom. The lowest BCUT2D eigenvalue weighted by Gasteiger charge is -2.34. The fraction of sp³-hybridized carbons (Fsp3) is 0.350. The molecule has 1 aliphatic rings. The van der Waals surface area contributed by atoms with Crippen LogP contribution >= 0.6 is 11.6 Å². The van der Waals surface area contributed by atoms with E-state index in [4.69, 9.17) is 16.3 Å². The van der Waals surface area contributed by atoms with Crippen LogP contribution in [0.1, 0.15) is 23.2 Å². The molecule has 33 heavy (non-hydrogen) atoms. The minimum Gasteiger partial charge on any atom is -0.487 e. The maximum absolute atomic E-state index is 14.4. The average molecular weight is 513 g/mol. The molecule has 1 fully saturated rings. The van der Waals surface area contributed by atoms with E-state index in [0.717, 1.165) is 12.1 Å². The molecule has 0 spiro atoms. The third kappa shape index (κ3) is 6.70. The molecule has 1 aliphatic heterocycles. The third-order valence-electron chi connectivity index (χ3n) is 4.74. The van der Waals surface area contributed by atoms with Crippen molar-refractivity contribution in [3.63, 3.8) is 0 Å². The first-order chi connectivity index (χ1) is 15.4. The van der Waals surface area contributed by atoms with Gasteiger partial charge in [-0.05, 0) is 24.3 Å². The zero-order valence-electron chi connectivity index (χ0n) is 17.0. The van der Waals surface area contributed by atoms with E-state index in [1.165, 1.54) is 18.4 Å². The van der Waals surface area contributed by atoms with Gasteiger partial charge in [-0.15, -0.1) is 13.2 Å². The van der Waals surface area contributed by atoms with Crippen LogP contribution in [0.2, 0.25) is 5.02 Å². The molecule has 1 N–H and O–H groups in total. The molecule has 1 heterocycles. The summed E-state index contributed by atoms with van der Waals surface area (Å²) in [4.78, 5) is 13.6. The zero-order chi connectivity index (χ0) is 24.3. The minimum atomic E-state index is -4.85. The molecule has 2 aromatic rings. The fourth-order valence-electron chi connectivity index (χ4n) is 3.28. The van der Waals surface area contributed by atoms with Crippen LogP contribution in [-0.4, -0.2) is 41.9 Å². The Hall–Kier alpha value is -2.60. The standard InChI is InChI=1S/C20H18ClF5N2O4S/c1-33(30)27-19(29)13-9-16(23)18(10-15(13)22)31-12-4-6-28(7-5-12)11-2-3-17(14(21)8-11)32-20(24,25)26/h2-3,8-10,12H,4-7H2,1H3,(H,27,29). The summed E-state index contributed by atoms with van der Waals surface area (Å²) >= 11 is 5.89. The topological polar surface area (TPSA) is 67.9 Å². The summed E-state index contributed by atoms with van der Waals surface area (Å²) in [6.45, 7) is 0.848. The van der Waals surface area contributed by atoms with Crippen LogP contribution < -0.4 is 19.1 Å². The van der Waals surface area contributed by atoms with Gasteiger partial charge in [-0.1, -0.05) is 11.6 Å². The monoisotopic (exact) mass is 512 g/mol. The van der Waals surface area contributed by atoms with Gasteiger partial charge in [0.05, 0.1) is 10.6 Å². The zero-order valence-corrected chi connectivity index (χ0v) is 18.6. The van der Waals surface area contributed by atoms with Crippen molar-refractivity contribution in [2.24, 2.45) is 0 Å².